The molecule has 2 nitrogen and oxygen atoms in total. The Labute approximate surface area is 69.6 Å². The van der Waals surface area contributed by atoms with Crippen LogP contribution in [0.15, 0.2) is 18.5 Å². The first kappa shape index (κ1) is 8.90. The Balaban J connectivity index is 2.46. The summed E-state index contributed by atoms with van der Waals surface area (Å²) in [7, 11) is 0. The number of rotatable bonds is 4. The predicted molar refractivity (Wildman–Crippen MR) is 43.3 cm³/mol. The first-order chi connectivity index (χ1) is 5.84. The zero-order chi connectivity index (χ0) is 8.81. The molecule has 0 spiro atoms. The van der Waals surface area contributed by atoms with E-state index in [0.29, 0.717) is 18.7 Å². The molecule has 0 atom stereocenters. The molecule has 0 saturated heterocycles. The minimum absolute atomic E-state index is 0.374. The molecule has 0 fully saturated rings. The summed E-state index contributed by atoms with van der Waals surface area (Å²) in [4.78, 5) is 3.58. The van der Waals surface area contributed by atoms with E-state index in [4.69, 9.17) is 0 Å². The normalized spacial score (nSPS) is 9.83. The zero-order valence-electron chi connectivity index (χ0n) is 6.56. The summed E-state index contributed by atoms with van der Waals surface area (Å²) in [5.41, 5.74) is 0.374. The van der Waals surface area contributed by atoms with Crippen molar-refractivity contribution in [3.8, 4) is 0 Å². The van der Waals surface area contributed by atoms with Crippen LogP contribution in [-0.2, 0) is 0 Å². The highest BCUT2D eigenvalue weighted by atomic mass is 19.1. The fourth-order valence-electron chi connectivity index (χ4n) is 0.808. The van der Waals surface area contributed by atoms with E-state index in [1.54, 1.807) is 0 Å². The largest absolute Gasteiger partial charge is 0.382 e. The lowest BCUT2D eigenvalue weighted by atomic mass is 10.3. The van der Waals surface area contributed by atoms with Crippen LogP contribution in [0.2, 0.25) is 0 Å². The number of aromatic nitrogens is 1. The van der Waals surface area contributed by atoms with Gasteiger partial charge in [0.25, 0.3) is 0 Å². The van der Waals surface area contributed by atoms with Crippen molar-refractivity contribution >= 4 is 5.69 Å². The molecule has 0 aromatic carbocycles. The van der Waals surface area contributed by atoms with Crippen LogP contribution in [0.25, 0.3) is 0 Å². The van der Waals surface area contributed by atoms with E-state index in [2.05, 4.69) is 10.3 Å². The molecule has 0 radical (unpaired) electrons. The molecule has 66 valence electrons. The van der Waals surface area contributed by atoms with Gasteiger partial charge in [-0.3, -0.25) is 9.37 Å². The standard InChI is InChI=1S/C8H10F2N2/c9-3-1-4-12-8-2-5-11-6-7(8)10/h2,5-6H,1,3-4H2,(H,11,12). The Hall–Kier alpha value is -1.19. The molecule has 0 aliphatic heterocycles. The van der Waals surface area contributed by atoms with E-state index in [9.17, 15) is 8.78 Å². The van der Waals surface area contributed by atoms with Crippen molar-refractivity contribution in [3.05, 3.63) is 24.3 Å². The topological polar surface area (TPSA) is 24.9 Å². The lowest BCUT2D eigenvalue weighted by Crippen LogP contribution is -2.03. The quantitative estimate of drug-likeness (QED) is 0.702. The molecule has 1 aromatic rings. The molecular weight excluding hydrogens is 162 g/mol. The van der Waals surface area contributed by atoms with Crippen LogP contribution >= 0.6 is 0 Å². The van der Waals surface area contributed by atoms with Crippen LogP contribution in [-0.4, -0.2) is 18.2 Å². The average Bonchev–Trinajstić information content (AvgIpc) is 2.09. The van der Waals surface area contributed by atoms with Gasteiger partial charge in [0.2, 0.25) is 0 Å². The summed E-state index contributed by atoms with van der Waals surface area (Å²) in [6.07, 6.45) is 3.00. The van der Waals surface area contributed by atoms with Crippen molar-refractivity contribution in [2.75, 3.05) is 18.5 Å². The molecule has 4 heteroatoms. The maximum atomic E-state index is 12.8. The summed E-state index contributed by atoms with van der Waals surface area (Å²) in [5, 5.41) is 2.76. The number of alkyl halides is 1. The number of nitrogens with zero attached hydrogens (tertiary/aromatic N) is 1. The molecule has 0 aliphatic rings. The summed E-state index contributed by atoms with van der Waals surface area (Å²) in [5.74, 6) is -0.406. The van der Waals surface area contributed by atoms with Crippen molar-refractivity contribution in [2.24, 2.45) is 0 Å². The highest BCUT2D eigenvalue weighted by Crippen LogP contribution is 2.10. The van der Waals surface area contributed by atoms with Gasteiger partial charge in [-0.05, 0) is 12.5 Å². The van der Waals surface area contributed by atoms with E-state index in [1.165, 1.54) is 12.3 Å². The molecule has 0 aliphatic carbocycles. The van der Waals surface area contributed by atoms with Crippen molar-refractivity contribution in [1.82, 2.24) is 4.98 Å². The molecule has 1 aromatic heterocycles. The Bertz CT molecular complexity index is 240. The van der Waals surface area contributed by atoms with Gasteiger partial charge >= 0.3 is 0 Å². The lowest BCUT2D eigenvalue weighted by molar-refractivity contribution is 0.480. The van der Waals surface area contributed by atoms with Gasteiger partial charge in [0.1, 0.15) is 0 Å². The Morgan fingerprint density at radius 3 is 3.00 bits per heavy atom. The van der Waals surface area contributed by atoms with Gasteiger partial charge in [0.15, 0.2) is 5.82 Å². The van der Waals surface area contributed by atoms with Gasteiger partial charge < -0.3 is 5.32 Å². The van der Waals surface area contributed by atoms with E-state index >= 15 is 0 Å². The van der Waals surface area contributed by atoms with Crippen LogP contribution in [0, 0.1) is 5.82 Å². The molecule has 1 heterocycles. The molecule has 0 amide bonds. The summed E-state index contributed by atoms with van der Waals surface area (Å²) >= 11 is 0. The van der Waals surface area contributed by atoms with Crippen LogP contribution < -0.4 is 5.32 Å². The van der Waals surface area contributed by atoms with Crippen molar-refractivity contribution < 1.29 is 8.78 Å². The maximum Gasteiger partial charge on any atom is 0.164 e. The van der Waals surface area contributed by atoms with Crippen LogP contribution in [0.1, 0.15) is 6.42 Å². The molecule has 0 saturated carbocycles. The summed E-state index contributed by atoms with van der Waals surface area (Å²) in [6, 6.07) is 1.52. The van der Waals surface area contributed by atoms with Crippen LogP contribution in [0.3, 0.4) is 0 Å². The van der Waals surface area contributed by atoms with E-state index in [-0.39, 0.29) is 6.67 Å². The highest BCUT2D eigenvalue weighted by molar-refractivity contribution is 5.42. The highest BCUT2D eigenvalue weighted by Gasteiger charge is 1.98. The molecule has 0 bridgehead atoms. The van der Waals surface area contributed by atoms with Gasteiger partial charge in [0.05, 0.1) is 18.6 Å². The Morgan fingerprint density at radius 2 is 2.33 bits per heavy atom. The summed E-state index contributed by atoms with van der Waals surface area (Å²) < 4.78 is 24.4. The lowest BCUT2D eigenvalue weighted by Gasteiger charge is -2.04. The first-order valence-corrected chi connectivity index (χ1v) is 3.74. The smallest absolute Gasteiger partial charge is 0.164 e. The number of anilines is 1. The number of hydrogen-bond acceptors (Lipinski definition) is 2. The van der Waals surface area contributed by atoms with Gasteiger partial charge in [-0.2, -0.15) is 0 Å². The third kappa shape index (κ3) is 2.45. The first-order valence-electron chi connectivity index (χ1n) is 3.74. The SMILES string of the molecule is FCCCNc1ccncc1F. The zero-order valence-corrected chi connectivity index (χ0v) is 6.56. The van der Waals surface area contributed by atoms with Crippen LogP contribution in [0.4, 0.5) is 14.5 Å². The Kier molecular flexibility index (Phi) is 3.44. The second-order valence-electron chi connectivity index (χ2n) is 2.32. The minimum atomic E-state index is -0.406. The van der Waals surface area contributed by atoms with Crippen molar-refractivity contribution in [3.63, 3.8) is 0 Å². The van der Waals surface area contributed by atoms with E-state index in [1.807, 2.05) is 0 Å². The maximum absolute atomic E-state index is 12.8. The third-order valence-electron chi connectivity index (χ3n) is 1.40. The molecule has 12 heavy (non-hydrogen) atoms. The predicted octanol–water partition coefficient (Wildman–Crippen LogP) is 1.99. The third-order valence-corrected chi connectivity index (χ3v) is 1.40. The monoisotopic (exact) mass is 172 g/mol. The second kappa shape index (κ2) is 4.64. The minimum Gasteiger partial charge on any atom is -0.382 e. The molecule has 0 unspecified atom stereocenters. The van der Waals surface area contributed by atoms with Crippen molar-refractivity contribution in [2.45, 2.75) is 6.42 Å². The average molecular weight is 172 g/mol. The van der Waals surface area contributed by atoms with Crippen molar-refractivity contribution in [1.29, 1.82) is 0 Å². The molecule has 1 rings (SSSR count). The fraction of sp³-hybridized carbons (Fsp3) is 0.375. The molecular formula is C8H10F2N2. The number of pyridine rings is 1. The molecule has 1 N–H and O–H groups in total. The Morgan fingerprint density at radius 1 is 1.50 bits per heavy atom. The van der Waals surface area contributed by atoms with Gasteiger partial charge in [-0.1, -0.05) is 0 Å². The summed E-state index contributed by atoms with van der Waals surface area (Å²) in [6.45, 7) is 0.0527. The number of nitrogens with one attached hydrogen (secondary N) is 1. The second-order valence-corrected chi connectivity index (χ2v) is 2.32. The van der Waals surface area contributed by atoms with Gasteiger partial charge in [-0.25, -0.2) is 4.39 Å². The van der Waals surface area contributed by atoms with E-state index < -0.39 is 5.82 Å². The van der Waals surface area contributed by atoms with Gasteiger partial charge in [-0.15, -0.1) is 0 Å². The van der Waals surface area contributed by atoms with E-state index in [0.717, 1.165) is 6.20 Å². The van der Waals surface area contributed by atoms with Gasteiger partial charge in [0, 0.05) is 12.7 Å². The van der Waals surface area contributed by atoms with Crippen LogP contribution in [0.5, 0.6) is 0 Å². The number of hydrogen-bond donors (Lipinski definition) is 1. The number of halogens is 2. The fourth-order valence-corrected chi connectivity index (χ4v) is 0.808.